The summed E-state index contributed by atoms with van der Waals surface area (Å²) in [7, 11) is 0. The summed E-state index contributed by atoms with van der Waals surface area (Å²) in [5, 5.41) is 6.27. The van der Waals surface area contributed by atoms with Crippen LogP contribution in [-0.2, 0) is 0 Å². The third-order valence-electron chi connectivity index (χ3n) is 2.90. The molecule has 5 heteroatoms. The fraction of sp³-hybridized carbons (Fsp3) is 0.500. The number of rotatable bonds is 3. The van der Waals surface area contributed by atoms with Crippen molar-refractivity contribution in [1.82, 2.24) is 15.6 Å². The van der Waals surface area contributed by atoms with E-state index in [2.05, 4.69) is 31.5 Å². The van der Waals surface area contributed by atoms with Crippen LogP contribution in [-0.4, -0.2) is 30.5 Å². The molecule has 17 heavy (non-hydrogen) atoms. The van der Waals surface area contributed by atoms with E-state index < -0.39 is 0 Å². The number of nitrogens with zero attached hydrogens (tertiary/aromatic N) is 1. The Morgan fingerprint density at radius 1 is 1.59 bits per heavy atom. The third-order valence-corrected chi connectivity index (χ3v) is 3.34. The molecule has 0 aromatic carbocycles. The molecule has 2 heterocycles. The minimum atomic E-state index is -0.100. The zero-order valence-electron chi connectivity index (χ0n) is 9.58. The summed E-state index contributed by atoms with van der Waals surface area (Å²) in [6.45, 7) is 2.81. The second kappa shape index (κ2) is 6.12. The maximum Gasteiger partial charge on any atom is 0.269 e. The highest BCUT2D eigenvalue weighted by atomic mass is 79.9. The molecule has 1 aliphatic heterocycles. The van der Waals surface area contributed by atoms with E-state index in [0.29, 0.717) is 16.2 Å². The molecule has 0 saturated carbocycles. The topological polar surface area (TPSA) is 54.0 Å². The van der Waals surface area contributed by atoms with Gasteiger partial charge in [0.2, 0.25) is 0 Å². The van der Waals surface area contributed by atoms with E-state index >= 15 is 0 Å². The number of halogens is 1. The first-order valence-electron chi connectivity index (χ1n) is 5.87. The Morgan fingerprint density at radius 3 is 3.18 bits per heavy atom. The molecule has 0 radical (unpaired) electrons. The van der Waals surface area contributed by atoms with Gasteiger partial charge in [-0.15, -0.1) is 0 Å². The van der Waals surface area contributed by atoms with Gasteiger partial charge in [-0.05, 0) is 59.9 Å². The number of hydrogen-bond donors (Lipinski definition) is 2. The summed E-state index contributed by atoms with van der Waals surface area (Å²) in [4.78, 5) is 16.0. The van der Waals surface area contributed by atoms with Gasteiger partial charge in [-0.25, -0.2) is 4.98 Å². The zero-order chi connectivity index (χ0) is 12.1. The van der Waals surface area contributed by atoms with Crippen molar-refractivity contribution in [2.24, 2.45) is 5.92 Å². The average Bonchev–Trinajstić information content (AvgIpc) is 2.37. The molecule has 0 spiro atoms. The van der Waals surface area contributed by atoms with Crippen LogP contribution in [0.1, 0.15) is 23.3 Å². The van der Waals surface area contributed by atoms with Gasteiger partial charge in [-0.1, -0.05) is 6.07 Å². The number of aromatic nitrogens is 1. The number of hydrogen-bond acceptors (Lipinski definition) is 3. The van der Waals surface area contributed by atoms with Gasteiger partial charge in [-0.3, -0.25) is 4.79 Å². The molecular formula is C12H16BrN3O. The van der Waals surface area contributed by atoms with E-state index in [1.165, 1.54) is 12.8 Å². The van der Waals surface area contributed by atoms with Crippen LogP contribution in [0.25, 0.3) is 0 Å². The van der Waals surface area contributed by atoms with Crippen LogP contribution in [0.2, 0.25) is 0 Å². The number of pyridine rings is 1. The van der Waals surface area contributed by atoms with E-state index in [1.54, 1.807) is 6.07 Å². The van der Waals surface area contributed by atoms with Crippen LogP contribution in [0, 0.1) is 5.92 Å². The molecule has 4 nitrogen and oxygen atoms in total. The van der Waals surface area contributed by atoms with Crippen LogP contribution in [0.3, 0.4) is 0 Å². The average molecular weight is 298 g/mol. The molecule has 1 amide bonds. The van der Waals surface area contributed by atoms with Crippen molar-refractivity contribution in [2.45, 2.75) is 12.8 Å². The molecule has 1 saturated heterocycles. The number of amides is 1. The zero-order valence-corrected chi connectivity index (χ0v) is 11.2. The van der Waals surface area contributed by atoms with Crippen LogP contribution in [0.5, 0.6) is 0 Å². The highest BCUT2D eigenvalue weighted by Crippen LogP contribution is 2.09. The number of carbonyl (C=O) groups excluding carboxylic acids is 1. The first kappa shape index (κ1) is 12.5. The minimum absolute atomic E-state index is 0.100. The molecular weight excluding hydrogens is 282 g/mol. The highest BCUT2D eigenvalue weighted by Gasteiger charge is 2.14. The van der Waals surface area contributed by atoms with Crippen molar-refractivity contribution in [3.8, 4) is 0 Å². The number of piperidine rings is 1. The fourth-order valence-electron chi connectivity index (χ4n) is 1.96. The molecule has 92 valence electrons. The van der Waals surface area contributed by atoms with E-state index in [4.69, 9.17) is 0 Å². The van der Waals surface area contributed by atoms with Gasteiger partial charge in [0.05, 0.1) is 0 Å². The first-order valence-corrected chi connectivity index (χ1v) is 6.66. The SMILES string of the molecule is O=C(NC[C@@H]1CCCNC1)c1cccc(Br)n1. The summed E-state index contributed by atoms with van der Waals surface area (Å²) < 4.78 is 0.685. The second-order valence-corrected chi connectivity index (χ2v) is 5.08. The smallest absolute Gasteiger partial charge is 0.269 e. The second-order valence-electron chi connectivity index (χ2n) is 4.27. The van der Waals surface area contributed by atoms with Crippen LogP contribution < -0.4 is 10.6 Å². The van der Waals surface area contributed by atoms with Crippen molar-refractivity contribution in [2.75, 3.05) is 19.6 Å². The standard InChI is InChI=1S/C12H16BrN3O/c13-11-5-1-4-10(16-11)12(17)15-8-9-3-2-6-14-7-9/h1,4-5,9,14H,2-3,6-8H2,(H,15,17)/t9-/m1/s1. The van der Waals surface area contributed by atoms with E-state index in [1.807, 2.05) is 12.1 Å². The maximum absolute atomic E-state index is 11.8. The Hall–Kier alpha value is -0.940. The van der Waals surface area contributed by atoms with Crippen molar-refractivity contribution in [3.05, 3.63) is 28.5 Å². The predicted molar refractivity (Wildman–Crippen MR) is 69.9 cm³/mol. The Kier molecular flexibility index (Phi) is 4.50. The lowest BCUT2D eigenvalue weighted by molar-refractivity contribution is 0.0939. The quantitative estimate of drug-likeness (QED) is 0.833. The fourth-order valence-corrected chi connectivity index (χ4v) is 2.30. The summed E-state index contributed by atoms with van der Waals surface area (Å²) >= 11 is 3.26. The Morgan fingerprint density at radius 2 is 2.47 bits per heavy atom. The van der Waals surface area contributed by atoms with Crippen LogP contribution in [0.15, 0.2) is 22.8 Å². The minimum Gasteiger partial charge on any atom is -0.350 e. The molecule has 2 N–H and O–H groups in total. The third kappa shape index (κ3) is 3.78. The lowest BCUT2D eigenvalue weighted by Crippen LogP contribution is -2.38. The molecule has 0 aliphatic carbocycles. The molecule has 2 rings (SSSR count). The summed E-state index contributed by atoms with van der Waals surface area (Å²) in [6.07, 6.45) is 2.37. The van der Waals surface area contributed by atoms with Gasteiger partial charge in [0.25, 0.3) is 5.91 Å². The molecule has 1 aromatic rings. The van der Waals surface area contributed by atoms with Crippen LogP contribution >= 0.6 is 15.9 Å². The highest BCUT2D eigenvalue weighted by molar-refractivity contribution is 9.10. The Balaban J connectivity index is 1.84. The Labute approximate surface area is 109 Å². The lowest BCUT2D eigenvalue weighted by Gasteiger charge is -2.22. The van der Waals surface area contributed by atoms with Crippen molar-refractivity contribution >= 4 is 21.8 Å². The molecule has 1 fully saturated rings. The first-order chi connectivity index (χ1) is 8.25. The molecule has 1 aromatic heterocycles. The normalized spacial score (nSPS) is 19.9. The van der Waals surface area contributed by atoms with Gasteiger partial charge in [0, 0.05) is 6.54 Å². The largest absolute Gasteiger partial charge is 0.350 e. The van der Waals surface area contributed by atoms with Gasteiger partial charge in [0.1, 0.15) is 10.3 Å². The van der Waals surface area contributed by atoms with Crippen LogP contribution in [0.4, 0.5) is 0 Å². The molecule has 1 aliphatic rings. The van der Waals surface area contributed by atoms with Crippen molar-refractivity contribution in [3.63, 3.8) is 0 Å². The summed E-state index contributed by atoms with van der Waals surface area (Å²) in [5.41, 5.74) is 0.461. The number of carbonyl (C=O) groups is 1. The van der Waals surface area contributed by atoms with Gasteiger partial charge in [-0.2, -0.15) is 0 Å². The van der Waals surface area contributed by atoms with E-state index in [9.17, 15) is 4.79 Å². The van der Waals surface area contributed by atoms with Gasteiger partial charge < -0.3 is 10.6 Å². The Bertz CT molecular complexity index is 391. The van der Waals surface area contributed by atoms with E-state index in [0.717, 1.165) is 19.6 Å². The monoisotopic (exact) mass is 297 g/mol. The lowest BCUT2D eigenvalue weighted by atomic mass is 10.00. The van der Waals surface area contributed by atoms with E-state index in [-0.39, 0.29) is 5.91 Å². The van der Waals surface area contributed by atoms with Crippen molar-refractivity contribution in [1.29, 1.82) is 0 Å². The van der Waals surface area contributed by atoms with Crippen molar-refractivity contribution < 1.29 is 4.79 Å². The molecule has 0 unspecified atom stereocenters. The molecule has 0 bridgehead atoms. The van der Waals surface area contributed by atoms with Gasteiger partial charge >= 0.3 is 0 Å². The molecule has 1 atom stereocenters. The maximum atomic E-state index is 11.8. The summed E-state index contributed by atoms with van der Waals surface area (Å²) in [6, 6.07) is 5.34. The summed E-state index contributed by atoms with van der Waals surface area (Å²) in [5.74, 6) is 0.441. The van der Waals surface area contributed by atoms with Gasteiger partial charge in [0.15, 0.2) is 0 Å². The predicted octanol–water partition coefficient (Wildman–Crippen LogP) is 1.57. The number of nitrogens with one attached hydrogen (secondary N) is 2.